The molecule has 0 aliphatic heterocycles. The number of hydrogen-bond acceptors (Lipinski definition) is 2. The molecule has 0 spiro atoms. The highest BCUT2D eigenvalue weighted by Crippen LogP contribution is 2.30. The Morgan fingerprint density at radius 1 is 1.44 bits per heavy atom. The SMILES string of the molecule is c1c[nH]c(CNC2CCCc3occc32)c1. The van der Waals surface area contributed by atoms with Gasteiger partial charge in [-0.25, -0.2) is 0 Å². The lowest BCUT2D eigenvalue weighted by atomic mass is 9.93. The van der Waals surface area contributed by atoms with Crippen LogP contribution in [-0.4, -0.2) is 4.98 Å². The predicted molar refractivity (Wildman–Crippen MR) is 62.0 cm³/mol. The van der Waals surface area contributed by atoms with Gasteiger partial charge in [0.25, 0.3) is 0 Å². The summed E-state index contributed by atoms with van der Waals surface area (Å²) in [5, 5.41) is 3.58. The zero-order valence-corrected chi connectivity index (χ0v) is 9.20. The number of rotatable bonds is 3. The molecule has 3 rings (SSSR count). The molecule has 2 heterocycles. The Morgan fingerprint density at radius 3 is 3.31 bits per heavy atom. The molecule has 84 valence electrons. The van der Waals surface area contributed by atoms with E-state index in [-0.39, 0.29) is 0 Å². The van der Waals surface area contributed by atoms with Gasteiger partial charge < -0.3 is 14.7 Å². The number of nitrogens with one attached hydrogen (secondary N) is 2. The van der Waals surface area contributed by atoms with Gasteiger partial charge >= 0.3 is 0 Å². The van der Waals surface area contributed by atoms with Gasteiger partial charge in [-0.15, -0.1) is 0 Å². The number of aromatic amines is 1. The second-order valence-electron chi connectivity index (χ2n) is 4.32. The number of hydrogen-bond donors (Lipinski definition) is 2. The van der Waals surface area contributed by atoms with Gasteiger partial charge in [-0.1, -0.05) is 0 Å². The van der Waals surface area contributed by atoms with Gasteiger partial charge in [0, 0.05) is 36.5 Å². The summed E-state index contributed by atoms with van der Waals surface area (Å²) in [6.07, 6.45) is 7.26. The largest absolute Gasteiger partial charge is 0.469 e. The molecular formula is C13H16N2O. The summed E-state index contributed by atoms with van der Waals surface area (Å²) >= 11 is 0. The van der Waals surface area contributed by atoms with Gasteiger partial charge in [0.15, 0.2) is 0 Å². The molecule has 0 fully saturated rings. The smallest absolute Gasteiger partial charge is 0.108 e. The maximum absolute atomic E-state index is 5.48. The normalized spacial score (nSPS) is 19.6. The standard InChI is InChI=1S/C13H16N2O/c1-4-12(11-6-8-16-13(11)5-1)15-9-10-3-2-7-14-10/h2-3,6-8,12,14-15H,1,4-5,9H2. The first kappa shape index (κ1) is 9.73. The van der Waals surface area contributed by atoms with E-state index in [4.69, 9.17) is 4.42 Å². The van der Waals surface area contributed by atoms with Gasteiger partial charge in [0.2, 0.25) is 0 Å². The predicted octanol–water partition coefficient (Wildman–Crippen LogP) is 2.77. The summed E-state index contributed by atoms with van der Waals surface area (Å²) in [5.74, 6) is 1.16. The van der Waals surface area contributed by atoms with Gasteiger partial charge in [0.05, 0.1) is 6.26 Å². The molecule has 1 unspecified atom stereocenters. The van der Waals surface area contributed by atoms with Crippen molar-refractivity contribution >= 4 is 0 Å². The lowest BCUT2D eigenvalue weighted by molar-refractivity contribution is 0.409. The fourth-order valence-corrected chi connectivity index (χ4v) is 2.41. The molecule has 0 bridgehead atoms. The first-order chi connectivity index (χ1) is 7.93. The van der Waals surface area contributed by atoms with Crippen molar-refractivity contribution < 1.29 is 4.42 Å². The monoisotopic (exact) mass is 216 g/mol. The Kier molecular flexibility index (Phi) is 2.54. The molecule has 0 amide bonds. The number of fused-ring (bicyclic) bond motifs is 1. The van der Waals surface area contributed by atoms with Gasteiger partial charge in [-0.05, 0) is 31.0 Å². The molecule has 2 aromatic rings. The van der Waals surface area contributed by atoms with Crippen LogP contribution >= 0.6 is 0 Å². The lowest BCUT2D eigenvalue weighted by Crippen LogP contribution is -2.24. The van der Waals surface area contributed by atoms with Gasteiger partial charge in [-0.3, -0.25) is 0 Å². The number of furan rings is 1. The molecule has 0 saturated heterocycles. The van der Waals surface area contributed by atoms with Gasteiger partial charge in [-0.2, -0.15) is 0 Å². The van der Waals surface area contributed by atoms with Crippen LogP contribution < -0.4 is 5.32 Å². The zero-order chi connectivity index (χ0) is 10.8. The Morgan fingerprint density at radius 2 is 2.44 bits per heavy atom. The molecule has 1 atom stereocenters. The Labute approximate surface area is 94.9 Å². The van der Waals surface area contributed by atoms with Crippen molar-refractivity contribution in [1.29, 1.82) is 0 Å². The van der Waals surface area contributed by atoms with E-state index in [2.05, 4.69) is 22.4 Å². The zero-order valence-electron chi connectivity index (χ0n) is 9.20. The first-order valence-electron chi connectivity index (χ1n) is 5.85. The van der Waals surface area contributed by atoms with Crippen LogP contribution in [0.15, 0.2) is 35.1 Å². The average Bonchev–Trinajstić information content (AvgIpc) is 2.97. The minimum Gasteiger partial charge on any atom is -0.469 e. The summed E-state index contributed by atoms with van der Waals surface area (Å²) in [7, 11) is 0. The fourth-order valence-electron chi connectivity index (χ4n) is 2.41. The molecule has 1 aliphatic carbocycles. The highest BCUT2D eigenvalue weighted by atomic mass is 16.3. The second kappa shape index (κ2) is 4.18. The number of H-pyrrole nitrogens is 1. The minimum absolute atomic E-state index is 0.450. The van der Waals surface area contributed by atoms with E-state index in [1.165, 1.54) is 24.1 Å². The van der Waals surface area contributed by atoms with E-state index in [1.807, 2.05) is 12.3 Å². The molecule has 3 nitrogen and oxygen atoms in total. The summed E-state index contributed by atoms with van der Waals surface area (Å²) in [6.45, 7) is 0.891. The molecule has 3 heteroatoms. The van der Waals surface area contributed by atoms with E-state index in [0.717, 1.165) is 18.7 Å². The van der Waals surface area contributed by atoms with E-state index in [1.54, 1.807) is 6.26 Å². The molecular weight excluding hydrogens is 200 g/mol. The third-order valence-electron chi connectivity index (χ3n) is 3.25. The second-order valence-corrected chi connectivity index (χ2v) is 4.32. The third kappa shape index (κ3) is 1.78. The van der Waals surface area contributed by atoms with Crippen molar-refractivity contribution in [3.8, 4) is 0 Å². The van der Waals surface area contributed by atoms with Crippen LogP contribution in [0.3, 0.4) is 0 Å². The molecule has 0 saturated carbocycles. The van der Waals surface area contributed by atoms with Crippen LogP contribution in [0.5, 0.6) is 0 Å². The van der Waals surface area contributed by atoms with Crippen LogP contribution in [0.2, 0.25) is 0 Å². The van der Waals surface area contributed by atoms with Crippen LogP contribution in [0.1, 0.15) is 35.9 Å². The molecule has 2 N–H and O–H groups in total. The molecule has 16 heavy (non-hydrogen) atoms. The summed E-state index contributed by atoms with van der Waals surface area (Å²) in [4.78, 5) is 3.21. The summed E-state index contributed by atoms with van der Waals surface area (Å²) < 4.78 is 5.48. The van der Waals surface area contributed by atoms with Crippen LogP contribution in [0.4, 0.5) is 0 Å². The first-order valence-corrected chi connectivity index (χ1v) is 5.85. The third-order valence-corrected chi connectivity index (χ3v) is 3.25. The van der Waals surface area contributed by atoms with Crippen molar-refractivity contribution in [2.45, 2.75) is 31.8 Å². The topological polar surface area (TPSA) is 41.0 Å². The molecule has 0 aromatic carbocycles. The maximum atomic E-state index is 5.48. The van der Waals surface area contributed by atoms with Crippen molar-refractivity contribution in [1.82, 2.24) is 10.3 Å². The number of aromatic nitrogens is 1. The Hall–Kier alpha value is -1.48. The van der Waals surface area contributed by atoms with Crippen LogP contribution in [0, 0.1) is 0 Å². The highest BCUT2D eigenvalue weighted by molar-refractivity contribution is 5.24. The molecule has 2 aromatic heterocycles. The van der Waals surface area contributed by atoms with Crippen LogP contribution in [0.25, 0.3) is 0 Å². The summed E-state index contributed by atoms with van der Waals surface area (Å²) in [6, 6.07) is 6.68. The minimum atomic E-state index is 0.450. The fraction of sp³-hybridized carbons (Fsp3) is 0.385. The number of aryl methyl sites for hydroxylation is 1. The molecule has 1 aliphatic rings. The highest BCUT2D eigenvalue weighted by Gasteiger charge is 2.21. The van der Waals surface area contributed by atoms with Crippen LogP contribution in [-0.2, 0) is 13.0 Å². The Balaban J connectivity index is 1.69. The van der Waals surface area contributed by atoms with E-state index in [9.17, 15) is 0 Å². The van der Waals surface area contributed by atoms with Crippen molar-refractivity contribution in [2.24, 2.45) is 0 Å². The Bertz CT molecular complexity index is 444. The van der Waals surface area contributed by atoms with E-state index < -0.39 is 0 Å². The van der Waals surface area contributed by atoms with Crippen molar-refractivity contribution in [3.63, 3.8) is 0 Å². The van der Waals surface area contributed by atoms with Crippen molar-refractivity contribution in [3.05, 3.63) is 47.7 Å². The van der Waals surface area contributed by atoms with Crippen molar-refractivity contribution in [2.75, 3.05) is 0 Å². The van der Waals surface area contributed by atoms with Gasteiger partial charge in [0.1, 0.15) is 5.76 Å². The maximum Gasteiger partial charge on any atom is 0.108 e. The summed E-state index contributed by atoms with van der Waals surface area (Å²) in [5.41, 5.74) is 2.58. The van der Waals surface area contributed by atoms with E-state index in [0.29, 0.717) is 6.04 Å². The molecule has 0 radical (unpaired) electrons. The quantitative estimate of drug-likeness (QED) is 0.828. The van der Waals surface area contributed by atoms with E-state index >= 15 is 0 Å². The average molecular weight is 216 g/mol. The lowest BCUT2D eigenvalue weighted by Gasteiger charge is -2.22.